The molecule has 0 spiro atoms. The van der Waals surface area contributed by atoms with Gasteiger partial charge in [-0.15, -0.1) is 0 Å². The summed E-state index contributed by atoms with van der Waals surface area (Å²) in [5, 5.41) is 8.23. The topological polar surface area (TPSA) is 63.3 Å². The van der Waals surface area contributed by atoms with Gasteiger partial charge in [0.05, 0.1) is 27.6 Å². The van der Waals surface area contributed by atoms with Crippen LogP contribution in [0.15, 0.2) is 45.4 Å². The van der Waals surface area contributed by atoms with E-state index in [1.807, 2.05) is 12.1 Å². The summed E-state index contributed by atoms with van der Waals surface area (Å²) < 4.78 is 8.14. The second-order valence-electron chi connectivity index (χ2n) is 7.33. The molecule has 1 saturated heterocycles. The van der Waals surface area contributed by atoms with Crippen molar-refractivity contribution in [2.75, 3.05) is 18.4 Å². The summed E-state index contributed by atoms with van der Waals surface area (Å²) in [6.45, 7) is 3.37. The largest absolute Gasteiger partial charge is 0.455 e. The van der Waals surface area contributed by atoms with Crippen molar-refractivity contribution < 1.29 is 9.21 Å². The van der Waals surface area contributed by atoms with Gasteiger partial charge in [0.2, 0.25) is 0 Å². The average Bonchev–Trinajstić information content (AvgIpc) is 3.32. The van der Waals surface area contributed by atoms with Crippen LogP contribution in [-0.4, -0.2) is 33.7 Å². The lowest BCUT2D eigenvalue weighted by Gasteiger charge is -2.25. The molecule has 30 heavy (non-hydrogen) atoms. The first kappa shape index (κ1) is 21.4. The molecular weight excluding hydrogens is 491 g/mol. The van der Waals surface area contributed by atoms with Crippen molar-refractivity contribution in [2.45, 2.75) is 32.4 Å². The molecule has 0 unspecified atom stereocenters. The van der Waals surface area contributed by atoms with Crippen LogP contribution in [0.3, 0.4) is 0 Å². The molecule has 3 aromatic rings. The van der Waals surface area contributed by atoms with Gasteiger partial charge < -0.3 is 9.73 Å². The maximum absolute atomic E-state index is 12.6. The van der Waals surface area contributed by atoms with Gasteiger partial charge in [0.15, 0.2) is 11.6 Å². The van der Waals surface area contributed by atoms with Gasteiger partial charge in [-0.05, 0) is 71.7 Å². The molecule has 1 amide bonds. The Morgan fingerprint density at radius 2 is 1.90 bits per heavy atom. The van der Waals surface area contributed by atoms with Gasteiger partial charge in [0.1, 0.15) is 5.76 Å². The monoisotopic (exact) mass is 510 g/mol. The molecule has 1 aliphatic rings. The number of aromatic nitrogens is 2. The molecule has 3 heterocycles. The molecule has 158 valence electrons. The van der Waals surface area contributed by atoms with E-state index < -0.39 is 0 Å². The third-order valence-corrected chi connectivity index (χ3v) is 6.31. The van der Waals surface area contributed by atoms with Crippen LogP contribution in [0.5, 0.6) is 0 Å². The predicted molar refractivity (Wildman–Crippen MR) is 121 cm³/mol. The fourth-order valence-corrected chi connectivity index (χ4v) is 4.22. The van der Waals surface area contributed by atoms with Crippen molar-refractivity contribution in [3.8, 4) is 0 Å². The third kappa shape index (κ3) is 5.27. The Balaban J connectivity index is 1.39. The molecule has 0 atom stereocenters. The summed E-state index contributed by atoms with van der Waals surface area (Å²) in [6.07, 6.45) is 5.51. The van der Waals surface area contributed by atoms with Crippen LogP contribution < -0.4 is 5.32 Å². The number of furan rings is 1. The van der Waals surface area contributed by atoms with Gasteiger partial charge in [-0.1, -0.05) is 35.7 Å². The van der Waals surface area contributed by atoms with Crippen LogP contribution in [0.25, 0.3) is 0 Å². The normalized spacial score (nSPS) is 14.8. The minimum absolute atomic E-state index is 0.271. The van der Waals surface area contributed by atoms with Gasteiger partial charge in [0.25, 0.3) is 5.91 Å². The highest BCUT2D eigenvalue weighted by Crippen LogP contribution is 2.25. The van der Waals surface area contributed by atoms with E-state index in [0.29, 0.717) is 26.9 Å². The van der Waals surface area contributed by atoms with E-state index in [1.54, 1.807) is 29.1 Å². The van der Waals surface area contributed by atoms with Crippen LogP contribution in [0, 0.1) is 0 Å². The average molecular weight is 512 g/mol. The van der Waals surface area contributed by atoms with Crippen molar-refractivity contribution in [1.29, 1.82) is 0 Å². The number of amides is 1. The summed E-state index contributed by atoms with van der Waals surface area (Å²) in [7, 11) is 0. The Labute approximate surface area is 193 Å². The van der Waals surface area contributed by atoms with Crippen molar-refractivity contribution in [3.05, 3.63) is 68.1 Å². The number of nitrogens with zero attached hydrogens (tertiary/aromatic N) is 3. The standard InChI is InChI=1S/C21H21BrCl2N4O2/c22-16-13-28(11-14-4-6-17(23)18(24)10-14)26-20(16)25-21(29)19-7-5-15(30-19)12-27-8-2-1-3-9-27/h4-7,10,13H,1-3,8-9,11-12H2,(H,25,26,29). The molecule has 1 fully saturated rings. The van der Waals surface area contributed by atoms with E-state index in [9.17, 15) is 4.79 Å². The number of anilines is 1. The molecule has 9 heteroatoms. The molecule has 0 aliphatic carbocycles. The lowest BCUT2D eigenvalue weighted by atomic mass is 10.1. The maximum atomic E-state index is 12.6. The van der Waals surface area contributed by atoms with Crippen molar-refractivity contribution in [1.82, 2.24) is 14.7 Å². The predicted octanol–water partition coefficient (Wildman–Crippen LogP) is 5.83. The summed E-state index contributed by atoms with van der Waals surface area (Å²) in [5.41, 5.74) is 0.950. The Morgan fingerprint density at radius 3 is 2.67 bits per heavy atom. The van der Waals surface area contributed by atoms with E-state index >= 15 is 0 Å². The lowest BCUT2D eigenvalue weighted by molar-refractivity contribution is 0.0991. The number of carbonyl (C=O) groups is 1. The van der Waals surface area contributed by atoms with Crippen molar-refractivity contribution >= 4 is 50.9 Å². The van der Waals surface area contributed by atoms with Gasteiger partial charge in [-0.2, -0.15) is 5.10 Å². The number of carbonyl (C=O) groups excluding carboxylic acids is 1. The Hall–Kier alpha value is -1.80. The van der Waals surface area contributed by atoms with Crippen molar-refractivity contribution in [2.24, 2.45) is 0 Å². The number of benzene rings is 1. The molecule has 1 N–H and O–H groups in total. The van der Waals surface area contributed by atoms with Gasteiger partial charge in [0, 0.05) is 6.20 Å². The van der Waals surface area contributed by atoms with Gasteiger partial charge in [-0.3, -0.25) is 14.4 Å². The summed E-state index contributed by atoms with van der Waals surface area (Å²) in [5.74, 6) is 1.16. The second-order valence-corrected chi connectivity index (χ2v) is 9.00. The lowest BCUT2D eigenvalue weighted by Crippen LogP contribution is -2.28. The number of nitrogens with one attached hydrogen (secondary N) is 1. The number of hydrogen-bond acceptors (Lipinski definition) is 4. The quantitative estimate of drug-likeness (QED) is 0.452. The minimum Gasteiger partial charge on any atom is -0.455 e. The highest BCUT2D eigenvalue weighted by Gasteiger charge is 2.17. The Kier molecular flexibility index (Phi) is 6.83. The van der Waals surface area contributed by atoms with Crippen LogP contribution in [0.4, 0.5) is 5.82 Å². The van der Waals surface area contributed by atoms with E-state index in [0.717, 1.165) is 31.0 Å². The maximum Gasteiger partial charge on any atom is 0.292 e. The van der Waals surface area contributed by atoms with E-state index in [-0.39, 0.29) is 11.7 Å². The van der Waals surface area contributed by atoms with Crippen molar-refractivity contribution in [3.63, 3.8) is 0 Å². The summed E-state index contributed by atoms with van der Waals surface area (Å²) >= 11 is 15.5. The molecular formula is C21H21BrCl2N4O2. The zero-order valence-corrected chi connectivity index (χ0v) is 19.3. The second kappa shape index (κ2) is 9.56. The highest BCUT2D eigenvalue weighted by molar-refractivity contribution is 9.10. The van der Waals surface area contributed by atoms with Crippen LogP contribution >= 0.6 is 39.1 Å². The number of piperidine rings is 1. The summed E-state index contributed by atoms with van der Waals surface area (Å²) in [6, 6.07) is 8.99. The molecule has 0 bridgehead atoms. The number of hydrogen-bond donors (Lipinski definition) is 1. The smallest absolute Gasteiger partial charge is 0.292 e. The molecule has 1 aromatic carbocycles. The number of rotatable bonds is 6. The molecule has 0 radical (unpaired) electrons. The fourth-order valence-electron chi connectivity index (χ4n) is 3.48. The van der Waals surface area contributed by atoms with Crippen LogP contribution in [-0.2, 0) is 13.1 Å². The minimum atomic E-state index is -0.333. The number of likely N-dealkylation sites (tertiary alicyclic amines) is 1. The van der Waals surface area contributed by atoms with Gasteiger partial charge in [-0.25, -0.2) is 0 Å². The molecule has 0 saturated carbocycles. The third-order valence-electron chi connectivity index (χ3n) is 4.99. The molecule has 6 nitrogen and oxygen atoms in total. The molecule has 2 aromatic heterocycles. The Bertz CT molecular complexity index is 1040. The SMILES string of the molecule is O=C(Nc1nn(Cc2ccc(Cl)c(Cl)c2)cc1Br)c1ccc(CN2CCCCC2)o1. The molecule has 1 aliphatic heterocycles. The van der Waals surface area contributed by atoms with Gasteiger partial charge >= 0.3 is 0 Å². The fraction of sp³-hybridized carbons (Fsp3) is 0.333. The first-order valence-electron chi connectivity index (χ1n) is 9.77. The summed E-state index contributed by atoms with van der Waals surface area (Å²) in [4.78, 5) is 15.0. The van der Waals surface area contributed by atoms with E-state index in [1.165, 1.54) is 19.3 Å². The molecule has 4 rings (SSSR count). The van der Waals surface area contributed by atoms with E-state index in [2.05, 4.69) is 31.2 Å². The zero-order chi connectivity index (χ0) is 21.1. The first-order valence-corrected chi connectivity index (χ1v) is 11.3. The van der Waals surface area contributed by atoms with Crippen LogP contribution in [0.1, 0.15) is 41.1 Å². The first-order chi connectivity index (χ1) is 14.5. The van der Waals surface area contributed by atoms with Crippen LogP contribution in [0.2, 0.25) is 10.0 Å². The van der Waals surface area contributed by atoms with E-state index in [4.69, 9.17) is 27.6 Å². The Morgan fingerprint density at radius 1 is 1.10 bits per heavy atom. The highest BCUT2D eigenvalue weighted by atomic mass is 79.9. The number of halogens is 3. The zero-order valence-electron chi connectivity index (χ0n) is 16.2.